The highest BCUT2D eigenvalue weighted by molar-refractivity contribution is 6.30. The number of hydrogen-bond acceptors (Lipinski definition) is 3. The summed E-state index contributed by atoms with van der Waals surface area (Å²) in [4.78, 5) is 28.6. The van der Waals surface area contributed by atoms with Gasteiger partial charge < -0.3 is 15.0 Å². The molecule has 2 aliphatic rings. The summed E-state index contributed by atoms with van der Waals surface area (Å²) in [6, 6.07) is 14.4. The first-order valence-corrected chi connectivity index (χ1v) is 10.9. The van der Waals surface area contributed by atoms with Crippen LogP contribution in [0, 0.1) is 0 Å². The number of nitrogens with one attached hydrogen (secondary N) is 1. The lowest BCUT2D eigenvalue weighted by molar-refractivity contribution is -0.141. The number of ether oxygens (including phenoxy) is 1. The van der Waals surface area contributed by atoms with Crippen molar-refractivity contribution in [3.05, 3.63) is 59.1 Å². The normalized spacial score (nSPS) is 20.2. The summed E-state index contributed by atoms with van der Waals surface area (Å²) >= 11 is 6.08. The highest BCUT2D eigenvalue weighted by Gasteiger charge is 2.48. The van der Waals surface area contributed by atoms with E-state index in [-0.39, 0.29) is 11.8 Å². The molecule has 1 heterocycles. The quantitative estimate of drug-likeness (QED) is 0.747. The van der Waals surface area contributed by atoms with Crippen molar-refractivity contribution in [3.8, 4) is 5.75 Å². The maximum absolute atomic E-state index is 13.8. The molecule has 0 bridgehead atoms. The van der Waals surface area contributed by atoms with Gasteiger partial charge in [0, 0.05) is 17.3 Å². The molecule has 2 amide bonds. The highest BCUT2D eigenvalue weighted by Crippen LogP contribution is 2.44. The zero-order valence-electron chi connectivity index (χ0n) is 17.2. The first-order valence-electron chi connectivity index (χ1n) is 10.6. The van der Waals surface area contributed by atoms with E-state index in [2.05, 4.69) is 5.32 Å². The Balaban J connectivity index is 1.54. The number of carbonyl (C=O) groups excluding carboxylic acids is 2. The van der Waals surface area contributed by atoms with E-state index in [9.17, 15) is 9.59 Å². The van der Waals surface area contributed by atoms with E-state index in [0.29, 0.717) is 23.7 Å². The van der Waals surface area contributed by atoms with E-state index < -0.39 is 11.5 Å². The Labute approximate surface area is 182 Å². The van der Waals surface area contributed by atoms with Crippen molar-refractivity contribution in [1.82, 2.24) is 4.90 Å². The van der Waals surface area contributed by atoms with Crippen molar-refractivity contribution in [2.45, 2.75) is 50.0 Å². The lowest BCUT2D eigenvalue weighted by atomic mass is 9.77. The van der Waals surface area contributed by atoms with Crippen LogP contribution in [0.2, 0.25) is 5.02 Å². The van der Waals surface area contributed by atoms with Gasteiger partial charge in [-0.1, -0.05) is 36.6 Å². The molecule has 1 saturated heterocycles. The molecule has 1 aliphatic heterocycles. The molecule has 0 unspecified atom stereocenters. The number of nitrogens with zero attached hydrogens (tertiary/aromatic N) is 1. The molecule has 6 heteroatoms. The van der Waals surface area contributed by atoms with E-state index in [0.717, 1.165) is 43.4 Å². The van der Waals surface area contributed by atoms with Crippen LogP contribution in [0.25, 0.3) is 0 Å². The molecule has 4 rings (SSSR count). The summed E-state index contributed by atoms with van der Waals surface area (Å²) in [5.74, 6) is 0.682. The number of anilines is 1. The van der Waals surface area contributed by atoms with Gasteiger partial charge in [0.25, 0.3) is 0 Å². The lowest BCUT2D eigenvalue weighted by Gasteiger charge is -2.35. The molecule has 2 fully saturated rings. The fraction of sp³-hybridized carbons (Fsp3) is 0.417. The summed E-state index contributed by atoms with van der Waals surface area (Å²) in [6.07, 6.45) is 5.19. The molecule has 0 aromatic heterocycles. The van der Waals surface area contributed by atoms with Gasteiger partial charge in [0.1, 0.15) is 11.8 Å². The van der Waals surface area contributed by atoms with Crippen molar-refractivity contribution in [2.75, 3.05) is 19.0 Å². The topological polar surface area (TPSA) is 58.6 Å². The Kier molecular flexibility index (Phi) is 6.00. The van der Waals surface area contributed by atoms with Crippen molar-refractivity contribution < 1.29 is 14.3 Å². The minimum atomic E-state index is -0.548. The van der Waals surface area contributed by atoms with Crippen LogP contribution in [0.4, 0.5) is 5.69 Å². The second-order valence-electron chi connectivity index (χ2n) is 8.17. The number of methoxy groups -OCH3 is 1. The molecule has 1 saturated carbocycles. The van der Waals surface area contributed by atoms with Crippen LogP contribution in [0.15, 0.2) is 48.5 Å². The van der Waals surface area contributed by atoms with Crippen LogP contribution >= 0.6 is 11.6 Å². The number of benzene rings is 2. The van der Waals surface area contributed by atoms with Crippen molar-refractivity contribution in [2.24, 2.45) is 0 Å². The number of hydrogen-bond donors (Lipinski definition) is 1. The second-order valence-corrected chi connectivity index (χ2v) is 8.61. The van der Waals surface area contributed by atoms with Crippen LogP contribution in [-0.4, -0.2) is 36.4 Å². The predicted octanol–water partition coefficient (Wildman–Crippen LogP) is 4.79. The zero-order valence-corrected chi connectivity index (χ0v) is 18.0. The average molecular weight is 427 g/mol. The van der Waals surface area contributed by atoms with Crippen molar-refractivity contribution in [3.63, 3.8) is 0 Å². The third-order valence-electron chi connectivity index (χ3n) is 6.44. The summed E-state index contributed by atoms with van der Waals surface area (Å²) < 4.78 is 5.17. The summed E-state index contributed by atoms with van der Waals surface area (Å²) in [7, 11) is 1.61. The van der Waals surface area contributed by atoms with E-state index in [1.807, 2.05) is 36.4 Å². The van der Waals surface area contributed by atoms with Gasteiger partial charge in [0.15, 0.2) is 0 Å². The molecule has 1 N–H and O–H groups in total. The minimum absolute atomic E-state index is 0.0784. The zero-order chi connectivity index (χ0) is 21.1. The lowest BCUT2D eigenvalue weighted by Crippen LogP contribution is -2.51. The standard InChI is InChI=1S/C24H27ClN2O3/c1-30-20-12-10-19(11-13-20)26-22(28)21-5-4-16-27(21)23(29)24(14-2-3-15-24)17-6-8-18(25)9-7-17/h6-13,21H,2-5,14-16H2,1H3,(H,26,28)/t21-/m1/s1. The van der Waals surface area contributed by atoms with E-state index >= 15 is 0 Å². The summed E-state index contributed by atoms with van der Waals surface area (Å²) in [6.45, 7) is 0.620. The first-order chi connectivity index (χ1) is 14.5. The molecular weight excluding hydrogens is 400 g/mol. The third-order valence-corrected chi connectivity index (χ3v) is 6.69. The number of halogens is 1. The molecule has 1 atom stereocenters. The van der Waals surface area contributed by atoms with Crippen LogP contribution < -0.4 is 10.1 Å². The summed E-state index contributed by atoms with van der Waals surface area (Å²) in [5.41, 5.74) is 1.16. The maximum Gasteiger partial charge on any atom is 0.247 e. The number of likely N-dealkylation sites (tertiary alicyclic amines) is 1. The molecule has 5 nitrogen and oxygen atoms in total. The molecule has 2 aromatic rings. The maximum atomic E-state index is 13.8. The molecule has 30 heavy (non-hydrogen) atoms. The van der Waals surface area contributed by atoms with E-state index in [1.165, 1.54) is 0 Å². The summed E-state index contributed by atoms with van der Waals surface area (Å²) in [5, 5.41) is 3.63. The fourth-order valence-corrected chi connectivity index (χ4v) is 4.96. The SMILES string of the molecule is COc1ccc(NC(=O)[C@H]2CCCN2C(=O)C2(c3ccc(Cl)cc3)CCCC2)cc1. The van der Waals surface area contributed by atoms with Gasteiger partial charge in [-0.15, -0.1) is 0 Å². The van der Waals surface area contributed by atoms with Crippen molar-refractivity contribution in [1.29, 1.82) is 0 Å². The third kappa shape index (κ3) is 3.91. The number of carbonyl (C=O) groups is 2. The van der Waals surface area contributed by atoms with Crippen molar-refractivity contribution >= 4 is 29.1 Å². The Morgan fingerprint density at radius 2 is 1.70 bits per heavy atom. The number of amides is 2. The monoisotopic (exact) mass is 426 g/mol. The first kappa shape index (κ1) is 20.7. The molecule has 2 aromatic carbocycles. The molecule has 1 aliphatic carbocycles. The number of rotatable bonds is 5. The Bertz CT molecular complexity index is 905. The van der Waals surface area contributed by atoms with Crippen LogP contribution in [0.1, 0.15) is 44.1 Å². The van der Waals surface area contributed by atoms with Gasteiger partial charge in [-0.2, -0.15) is 0 Å². The van der Waals surface area contributed by atoms with Gasteiger partial charge >= 0.3 is 0 Å². The Morgan fingerprint density at radius 1 is 1.03 bits per heavy atom. The predicted molar refractivity (Wildman–Crippen MR) is 118 cm³/mol. The van der Waals surface area contributed by atoms with Crippen LogP contribution in [-0.2, 0) is 15.0 Å². The fourth-order valence-electron chi connectivity index (χ4n) is 4.83. The van der Waals surface area contributed by atoms with Gasteiger partial charge in [0.05, 0.1) is 12.5 Å². The Morgan fingerprint density at radius 3 is 2.33 bits per heavy atom. The molecular formula is C24H27ClN2O3. The molecule has 0 spiro atoms. The smallest absolute Gasteiger partial charge is 0.247 e. The van der Waals surface area contributed by atoms with Gasteiger partial charge in [-0.05, 0) is 67.6 Å². The molecule has 0 radical (unpaired) electrons. The van der Waals surface area contributed by atoms with E-state index in [4.69, 9.17) is 16.3 Å². The van der Waals surface area contributed by atoms with E-state index in [1.54, 1.807) is 24.1 Å². The second kappa shape index (κ2) is 8.68. The van der Waals surface area contributed by atoms with Gasteiger partial charge in [0.2, 0.25) is 11.8 Å². The van der Waals surface area contributed by atoms with Gasteiger partial charge in [-0.25, -0.2) is 0 Å². The average Bonchev–Trinajstić information content (AvgIpc) is 3.45. The van der Waals surface area contributed by atoms with Crippen LogP contribution in [0.3, 0.4) is 0 Å². The Hall–Kier alpha value is -2.53. The van der Waals surface area contributed by atoms with Gasteiger partial charge in [-0.3, -0.25) is 9.59 Å². The highest BCUT2D eigenvalue weighted by atomic mass is 35.5. The molecule has 158 valence electrons. The minimum Gasteiger partial charge on any atom is -0.497 e. The van der Waals surface area contributed by atoms with Crippen LogP contribution in [0.5, 0.6) is 5.75 Å². The largest absolute Gasteiger partial charge is 0.497 e.